The Kier molecular flexibility index (Phi) is 9.49. The average Bonchev–Trinajstić information content (AvgIpc) is 3.15. The van der Waals surface area contributed by atoms with Gasteiger partial charge in [0.05, 0.1) is 12.7 Å². The van der Waals surface area contributed by atoms with Gasteiger partial charge in [0, 0.05) is 12.3 Å². The molecule has 1 aliphatic rings. The number of benzene rings is 2. The number of aliphatic hydroxyl groups is 1. The monoisotopic (exact) mass is 605 g/mol. The molecule has 1 aliphatic heterocycles. The molecule has 1 saturated heterocycles. The first-order valence-electron chi connectivity index (χ1n) is 13.2. The van der Waals surface area contributed by atoms with E-state index in [1.165, 1.54) is 6.92 Å². The topological polar surface area (TPSA) is 158 Å². The number of nitrogens with zero attached hydrogens (tertiary/aromatic N) is 1. The summed E-state index contributed by atoms with van der Waals surface area (Å²) >= 11 is 0. The highest BCUT2D eigenvalue weighted by atomic mass is 31.2. The Hall–Kier alpha value is -3.61. The summed E-state index contributed by atoms with van der Waals surface area (Å²) < 4.78 is 52.6. The summed E-state index contributed by atoms with van der Waals surface area (Å²) in [7, 11) is -4.42. The third kappa shape index (κ3) is 7.23. The van der Waals surface area contributed by atoms with Crippen molar-refractivity contribution < 1.29 is 37.4 Å². The zero-order valence-electron chi connectivity index (χ0n) is 23.4. The molecule has 4 rings (SSSR count). The number of hydrogen-bond donors (Lipinski definition) is 3. The SMILES string of the molecule is CC(C)OC(=O)C(C)NP(=O)(OCC1OC(n2ccc(=O)[nH]c2=O)C(C)(F)C1O)Oc1cccc(-c2ccccc2)c1. The molecule has 1 fully saturated rings. The third-order valence-electron chi connectivity index (χ3n) is 6.45. The van der Waals surface area contributed by atoms with Crippen LogP contribution in [0.5, 0.6) is 5.75 Å². The average molecular weight is 606 g/mol. The van der Waals surface area contributed by atoms with E-state index in [1.54, 1.807) is 32.0 Å². The number of aliphatic hydroxyl groups excluding tert-OH is 1. The van der Waals surface area contributed by atoms with E-state index in [1.807, 2.05) is 41.4 Å². The number of hydrogen-bond acceptors (Lipinski definition) is 9. The summed E-state index contributed by atoms with van der Waals surface area (Å²) in [5.41, 5.74) is -2.53. The molecule has 3 N–H and O–H groups in total. The first-order valence-corrected chi connectivity index (χ1v) is 14.7. The molecule has 226 valence electrons. The van der Waals surface area contributed by atoms with E-state index in [4.69, 9.17) is 18.5 Å². The van der Waals surface area contributed by atoms with Crippen molar-refractivity contribution in [2.75, 3.05) is 6.61 Å². The molecule has 6 atom stereocenters. The molecule has 0 bridgehead atoms. The lowest BCUT2D eigenvalue weighted by atomic mass is 9.98. The van der Waals surface area contributed by atoms with E-state index >= 15 is 4.39 Å². The Morgan fingerprint density at radius 1 is 1.14 bits per heavy atom. The lowest BCUT2D eigenvalue weighted by molar-refractivity contribution is -0.149. The Labute approximate surface area is 241 Å². The summed E-state index contributed by atoms with van der Waals surface area (Å²) in [6.45, 7) is 5.08. The smallest absolute Gasteiger partial charge is 0.459 e. The molecule has 0 saturated carbocycles. The van der Waals surface area contributed by atoms with Crippen LogP contribution in [0, 0.1) is 0 Å². The highest BCUT2D eigenvalue weighted by Crippen LogP contribution is 2.48. The van der Waals surface area contributed by atoms with Gasteiger partial charge in [-0.3, -0.25) is 23.7 Å². The molecule has 0 amide bonds. The van der Waals surface area contributed by atoms with Crippen molar-refractivity contribution in [3.05, 3.63) is 87.7 Å². The highest BCUT2D eigenvalue weighted by Gasteiger charge is 2.56. The number of H-pyrrole nitrogens is 1. The fraction of sp³-hybridized carbons (Fsp3) is 0.393. The number of aromatic nitrogens is 2. The van der Waals surface area contributed by atoms with Crippen LogP contribution in [-0.2, 0) is 23.4 Å². The molecule has 1 aromatic heterocycles. The fourth-order valence-corrected chi connectivity index (χ4v) is 5.84. The standard InChI is InChI=1S/C28H33FN3O9P/c1-17(2)39-25(35)18(3)31-42(37,41-21-12-8-11-20(15-21)19-9-6-5-7-10-19)38-16-22-24(34)28(4,29)26(40-22)32-14-13-23(33)30-27(32)36/h5-15,17-18,22,24,26,34H,16H2,1-4H3,(H,31,37)(H,30,33,36). The number of alkyl halides is 1. The molecular formula is C28H33FN3O9P. The van der Waals surface area contributed by atoms with Crippen molar-refractivity contribution in [3.8, 4) is 16.9 Å². The number of esters is 1. The first-order chi connectivity index (χ1) is 19.8. The lowest BCUT2D eigenvalue weighted by Gasteiger charge is -2.25. The number of carbonyl (C=O) groups excluding carboxylic acids is 1. The van der Waals surface area contributed by atoms with Gasteiger partial charge in [0.25, 0.3) is 5.56 Å². The number of carbonyl (C=O) groups is 1. The van der Waals surface area contributed by atoms with Crippen LogP contribution in [0.1, 0.15) is 33.9 Å². The van der Waals surface area contributed by atoms with Crippen LogP contribution in [0.4, 0.5) is 4.39 Å². The van der Waals surface area contributed by atoms with E-state index in [2.05, 4.69) is 5.09 Å². The van der Waals surface area contributed by atoms with Gasteiger partial charge in [0.2, 0.25) is 0 Å². The van der Waals surface area contributed by atoms with E-state index < -0.39 is 67.8 Å². The summed E-state index contributed by atoms with van der Waals surface area (Å²) in [5, 5.41) is 13.3. The van der Waals surface area contributed by atoms with Crippen molar-refractivity contribution in [2.45, 2.75) is 63.9 Å². The molecular weight excluding hydrogens is 572 g/mol. The minimum Gasteiger partial charge on any atom is -0.462 e. The van der Waals surface area contributed by atoms with Gasteiger partial charge in [-0.25, -0.2) is 13.8 Å². The number of ether oxygens (including phenoxy) is 2. The zero-order valence-corrected chi connectivity index (χ0v) is 24.3. The molecule has 14 heteroatoms. The quantitative estimate of drug-likeness (QED) is 0.219. The van der Waals surface area contributed by atoms with Crippen LogP contribution in [0.3, 0.4) is 0 Å². The minimum absolute atomic E-state index is 0.137. The first kappa shape index (κ1) is 31.3. The number of aromatic amines is 1. The maximum Gasteiger partial charge on any atom is 0.459 e. The summed E-state index contributed by atoms with van der Waals surface area (Å²) in [4.78, 5) is 38.2. The van der Waals surface area contributed by atoms with Crippen LogP contribution in [-0.4, -0.2) is 57.3 Å². The summed E-state index contributed by atoms with van der Waals surface area (Å²) in [6.07, 6.45) is -4.29. The van der Waals surface area contributed by atoms with Crippen molar-refractivity contribution in [1.29, 1.82) is 0 Å². The van der Waals surface area contributed by atoms with E-state index in [9.17, 15) is 24.1 Å². The van der Waals surface area contributed by atoms with Gasteiger partial charge in [-0.1, -0.05) is 42.5 Å². The molecule has 0 aliphatic carbocycles. The minimum atomic E-state index is -4.42. The Morgan fingerprint density at radius 3 is 2.50 bits per heavy atom. The van der Waals surface area contributed by atoms with Gasteiger partial charge < -0.3 is 19.1 Å². The van der Waals surface area contributed by atoms with Crippen molar-refractivity contribution in [3.63, 3.8) is 0 Å². The van der Waals surface area contributed by atoms with Crippen LogP contribution in [0.15, 0.2) is 76.4 Å². The van der Waals surface area contributed by atoms with E-state index in [0.29, 0.717) is 0 Å². The normalized spacial score (nSPS) is 24.2. The second-order valence-corrected chi connectivity index (χ2v) is 11.9. The molecule has 0 spiro atoms. The third-order valence-corrected chi connectivity index (χ3v) is 8.10. The summed E-state index contributed by atoms with van der Waals surface area (Å²) in [6, 6.07) is 15.9. The van der Waals surface area contributed by atoms with Gasteiger partial charge in [-0.15, -0.1) is 0 Å². The van der Waals surface area contributed by atoms with Crippen LogP contribution in [0.25, 0.3) is 11.1 Å². The van der Waals surface area contributed by atoms with Crippen molar-refractivity contribution >= 4 is 13.7 Å². The largest absolute Gasteiger partial charge is 0.462 e. The maximum atomic E-state index is 15.6. The number of nitrogens with one attached hydrogen (secondary N) is 2. The molecule has 2 aromatic carbocycles. The molecule has 6 unspecified atom stereocenters. The van der Waals surface area contributed by atoms with E-state index in [0.717, 1.165) is 34.9 Å². The predicted molar refractivity (Wildman–Crippen MR) is 151 cm³/mol. The van der Waals surface area contributed by atoms with Crippen LogP contribution in [0.2, 0.25) is 0 Å². The van der Waals surface area contributed by atoms with Gasteiger partial charge in [0.1, 0.15) is 24.0 Å². The Bertz CT molecular complexity index is 1560. The van der Waals surface area contributed by atoms with Gasteiger partial charge in [0.15, 0.2) is 11.9 Å². The molecule has 3 aromatic rings. The fourth-order valence-electron chi connectivity index (χ4n) is 4.35. The maximum absolute atomic E-state index is 15.6. The number of halogens is 1. The number of rotatable bonds is 11. The predicted octanol–water partition coefficient (Wildman–Crippen LogP) is 3.32. The molecule has 42 heavy (non-hydrogen) atoms. The van der Waals surface area contributed by atoms with Gasteiger partial charge in [-0.2, -0.15) is 5.09 Å². The van der Waals surface area contributed by atoms with Crippen molar-refractivity contribution in [2.24, 2.45) is 0 Å². The molecule has 2 heterocycles. The van der Waals surface area contributed by atoms with Gasteiger partial charge in [-0.05, 0) is 51.0 Å². The Balaban J connectivity index is 1.58. The highest BCUT2D eigenvalue weighted by molar-refractivity contribution is 7.52. The van der Waals surface area contributed by atoms with Crippen LogP contribution < -0.4 is 20.9 Å². The molecule has 0 radical (unpaired) electrons. The Morgan fingerprint density at radius 2 is 1.83 bits per heavy atom. The second kappa shape index (κ2) is 12.7. The van der Waals surface area contributed by atoms with E-state index in [-0.39, 0.29) is 5.75 Å². The lowest BCUT2D eigenvalue weighted by Crippen LogP contribution is -2.43. The zero-order chi connectivity index (χ0) is 30.7. The molecule has 12 nitrogen and oxygen atoms in total. The van der Waals surface area contributed by atoms with Crippen LogP contribution >= 0.6 is 7.75 Å². The van der Waals surface area contributed by atoms with Gasteiger partial charge >= 0.3 is 19.4 Å². The summed E-state index contributed by atoms with van der Waals surface area (Å²) in [5.74, 6) is -0.584. The van der Waals surface area contributed by atoms with Crippen molar-refractivity contribution in [1.82, 2.24) is 14.6 Å². The second-order valence-electron chi connectivity index (χ2n) is 10.3.